The summed E-state index contributed by atoms with van der Waals surface area (Å²) in [5.74, 6) is -0.509. The second-order valence-electron chi connectivity index (χ2n) is 7.68. The van der Waals surface area contributed by atoms with E-state index >= 15 is 0 Å². The van der Waals surface area contributed by atoms with E-state index in [1.165, 1.54) is 0 Å². The molecule has 0 bridgehead atoms. The quantitative estimate of drug-likeness (QED) is 0.636. The summed E-state index contributed by atoms with van der Waals surface area (Å²) in [5.41, 5.74) is 2.19. The number of benzene rings is 2. The molecular formula is C24H28O5. The van der Waals surface area contributed by atoms with E-state index in [0.29, 0.717) is 19.8 Å². The highest BCUT2D eigenvalue weighted by Crippen LogP contribution is 2.52. The second-order valence-corrected chi connectivity index (χ2v) is 7.68. The van der Waals surface area contributed by atoms with Crippen LogP contribution in [0.4, 0.5) is 0 Å². The summed E-state index contributed by atoms with van der Waals surface area (Å²) in [6.45, 7) is 5.13. The first-order valence-electron chi connectivity index (χ1n) is 10.3. The standard InChI is InChI=1S/C24H28O5/c1-3-26-24(25)20-19-22(20)29-16(2)21(27-14-17-10-6-4-7-11-17)23(19)28-15-18-12-8-5-9-13-18/h4-13,16,19-23H,3,14-15H2,1-2H3/t16-,19+,20+,21-,22+,23-/m0/s1. The molecule has 0 N–H and O–H groups in total. The van der Waals surface area contributed by atoms with Crippen LogP contribution in [0.1, 0.15) is 25.0 Å². The summed E-state index contributed by atoms with van der Waals surface area (Å²) in [5, 5.41) is 0. The lowest BCUT2D eigenvalue weighted by Gasteiger charge is -2.35. The number of carbonyl (C=O) groups excluding carboxylic acids is 1. The molecule has 0 aromatic heterocycles. The van der Waals surface area contributed by atoms with Crippen molar-refractivity contribution < 1.29 is 23.7 Å². The Morgan fingerprint density at radius 2 is 1.45 bits per heavy atom. The summed E-state index contributed by atoms with van der Waals surface area (Å²) >= 11 is 0. The Morgan fingerprint density at radius 3 is 2.00 bits per heavy atom. The van der Waals surface area contributed by atoms with Crippen LogP contribution in [-0.4, -0.2) is 37.0 Å². The maximum Gasteiger partial charge on any atom is 0.312 e. The minimum atomic E-state index is -0.275. The van der Waals surface area contributed by atoms with Gasteiger partial charge in [-0.1, -0.05) is 60.7 Å². The van der Waals surface area contributed by atoms with Gasteiger partial charge in [-0.15, -0.1) is 0 Å². The first-order chi connectivity index (χ1) is 14.2. The normalized spacial score (nSPS) is 30.4. The molecule has 5 nitrogen and oxygen atoms in total. The molecule has 4 rings (SSSR count). The van der Waals surface area contributed by atoms with Gasteiger partial charge >= 0.3 is 5.97 Å². The van der Waals surface area contributed by atoms with Crippen molar-refractivity contribution >= 4 is 5.97 Å². The van der Waals surface area contributed by atoms with Crippen molar-refractivity contribution in [3.8, 4) is 0 Å². The lowest BCUT2D eigenvalue weighted by atomic mass is 10.0. The predicted molar refractivity (Wildman–Crippen MR) is 108 cm³/mol. The maximum atomic E-state index is 12.4. The molecule has 5 heteroatoms. The number of hydrogen-bond donors (Lipinski definition) is 0. The zero-order chi connectivity index (χ0) is 20.2. The van der Waals surface area contributed by atoms with Crippen LogP contribution in [0.2, 0.25) is 0 Å². The van der Waals surface area contributed by atoms with E-state index in [-0.39, 0.29) is 42.2 Å². The van der Waals surface area contributed by atoms with Gasteiger partial charge in [-0.3, -0.25) is 4.79 Å². The van der Waals surface area contributed by atoms with Crippen LogP contribution >= 0.6 is 0 Å². The predicted octanol–water partition coefficient (Wildman–Crippen LogP) is 3.75. The number of fused-ring (bicyclic) bond motifs is 1. The first kappa shape index (κ1) is 20.1. The van der Waals surface area contributed by atoms with Crippen molar-refractivity contribution in [2.75, 3.05) is 6.61 Å². The summed E-state index contributed by atoms with van der Waals surface area (Å²) in [4.78, 5) is 12.4. The topological polar surface area (TPSA) is 54.0 Å². The Kier molecular flexibility index (Phi) is 6.28. The highest BCUT2D eigenvalue weighted by Gasteiger charge is 2.66. The van der Waals surface area contributed by atoms with E-state index in [1.54, 1.807) is 0 Å². The molecule has 0 amide bonds. The summed E-state index contributed by atoms with van der Waals surface area (Å²) < 4.78 is 24.0. The van der Waals surface area contributed by atoms with Crippen molar-refractivity contribution in [1.29, 1.82) is 0 Å². The van der Waals surface area contributed by atoms with E-state index < -0.39 is 0 Å². The SMILES string of the molecule is CCOC(=O)[C@H]1[C@@H]2O[C@@H](C)[C@H](OCc3ccccc3)[C@@H](OCc3ccccc3)[C@@H]21. The fourth-order valence-corrected chi connectivity index (χ4v) is 4.18. The number of carbonyl (C=O) groups is 1. The minimum absolute atomic E-state index is 0.0327. The van der Waals surface area contributed by atoms with Crippen LogP contribution in [0, 0.1) is 11.8 Å². The molecule has 6 atom stereocenters. The van der Waals surface area contributed by atoms with Crippen molar-refractivity contribution in [2.24, 2.45) is 11.8 Å². The fraction of sp³-hybridized carbons (Fsp3) is 0.458. The van der Waals surface area contributed by atoms with Gasteiger partial charge in [-0.2, -0.15) is 0 Å². The van der Waals surface area contributed by atoms with Crippen LogP contribution in [0.5, 0.6) is 0 Å². The van der Waals surface area contributed by atoms with Gasteiger partial charge in [0, 0.05) is 5.92 Å². The molecule has 2 aliphatic rings. The maximum absolute atomic E-state index is 12.4. The monoisotopic (exact) mass is 396 g/mol. The molecule has 1 heterocycles. The van der Waals surface area contributed by atoms with E-state index in [2.05, 4.69) is 0 Å². The number of esters is 1. The van der Waals surface area contributed by atoms with Crippen molar-refractivity contribution in [3.05, 3.63) is 71.8 Å². The fourth-order valence-electron chi connectivity index (χ4n) is 4.18. The number of rotatable bonds is 8. The average molecular weight is 396 g/mol. The Morgan fingerprint density at radius 1 is 0.897 bits per heavy atom. The Balaban J connectivity index is 1.48. The number of ether oxygens (including phenoxy) is 4. The number of hydrogen-bond acceptors (Lipinski definition) is 5. The lowest BCUT2D eigenvalue weighted by molar-refractivity contribution is -0.182. The Hall–Kier alpha value is -2.21. The highest BCUT2D eigenvalue weighted by atomic mass is 16.6. The molecule has 2 aromatic rings. The van der Waals surface area contributed by atoms with Crippen LogP contribution in [0.15, 0.2) is 60.7 Å². The van der Waals surface area contributed by atoms with Gasteiger partial charge in [0.05, 0.1) is 44.1 Å². The van der Waals surface area contributed by atoms with Gasteiger partial charge in [0.2, 0.25) is 0 Å². The average Bonchev–Trinajstić information content (AvgIpc) is 3.46. The van der Waals surface area contributed by atoms with Gasteiger partial charge in [0.15, 0.2) is 0 Å². The second kappa shape index (κ2) is 9.08. The lowest BCUT2D eigenvalue weighted by Crippen LogP contribution is -2.47. The molecule has 2 fully saturated rings. The first-order valence-corrected chi connectivity index (χ1v) is 10.3. The molecule has 2 aromatic carbocycles. The highest BCUT2D eigenvalue weighted by molar-refractivity contribution is 5.77. The largest absolute Gasteiger partial charge is 0.466 e. The molecule has 1 saturated carbocycles. The van der Waals surface area contributed by atoms with Crippen molar-refractivity contribution in [3.63, 3.8) is 0 Å². The summed E-state index contributed by atoms with van der Waals surface area (Å²) in [7, 11) is 0. The zero-order valence-electron chi connectivity index (χ0n) is 16.9. The van der Waals surface area contributed by atoms with E-state index in [4.69, 9.17) is 18.9 Å². The third kappa shape index (κ3) is 4.53. The molecule has 1 saturated heterocycles. The van der Waals surface area contributed by atoms with Crippen molar-refractivity contribution in [2.45, 2.75) is 51.5 Å². The van der Waals surface area contributed by atoms with E-state index in [9.17, 15) is 4.79 Å². The van der Waals surface area contributed by atoms with Crippen LogP contribution < -0.4 is 0 Å². The molecular weight excluding hydrogens is 368 g/mol. The third-order valence-electron chi connectivity index (χ3n) is 5.67. The smallest absolute Gasteiger partial charge is 0.312 e. The van der Waals surface area contributed by atoms with Gasteiger partial charge in [0.1, 0.15) is 6.10 Å². The van der Waals surface area contributed by atoms with Crippen LogP contribution in [0.3, 0.4) is 0 Å². The molecule has 29 heavy (non-hydrogen) atoms. The van der Waals surface area contributed by atoms with Gasteiger partial charge in [0.25, 0.3) is 0 Å². The summed E-state index contributed by atoms with van der Waals surface area (Å²) in [6, 6.07) is 20.1. The molecule has 1 aliphatic carbocycles. The van der Waals surface area contributed by atoms with Crippen molar-refractivity contribution in [1.82, 2.24) is 0 Å². The minimum Gasteiger partial charge on any atom is -0.466 e. The van der Waals surface area contributed by atoms with Crippen LogP contribution in [-0.2, 0) is 37.0 Å². The molecule has 0 radical (unpaired) electrons. The van der Waals surface area contributed by atoms with E-state index in [1.807, 2.05) is 74.5 Å². The molecule has 0 unspecified atom stereocenters. The van der Waals surface area contributed by atoms with Gasteiger partial charge in [-0.05, 0) is 25.0 Å². The zero-order valence-corrected chi connectivity index (χ0v) is 16.9. The van der Waals surface area contributed by atoms with Gasteiger partial charge < -0.3 is 18.9 Å². The molecule has 1 aliphatic heterocycles. The molecule has 154 valence electrons. The summed E-state index contributed by atoms with van der Waals surface area (Å²) in [6.07, 6.45) is -0.789. The third-order valence-corrected chi connectivity index (χ3v) is 5.67. The van der Waals surface area contributed by atoms with Gasteiger partial charge in [-0.25, -0.2) is 0 Å². The van der Waals surface area contributed by atoms with E-state index in [0.717, 1.165) is 11.1 Å². The van der Waals surface area contributed by atoms with Crippen LogP contribution in [0.25, 0.3) is 0 Å². The Bertz CT molecular complexity index is 793. The Labute approximate surface area is 171 Å². The molecule has 0 spiro atoms.